The fraction of sp³-hybridized carbons (Fsp3) is 0.650. The molecule has 0 aromatic heterocycles. The highest BCUT2D eigenvalue weighted by molar-refractivity contribution is 5.94. The number of carbonyl (C=O) groups excluding carboxylic acids is 1. The minimum atomic E-state index is -0.0317. The quantitative estimate of drug-likeness (QED) is 0.778. The normalized spacial score (nSPS) is 29.2. The first-order valence-electron chi connectivity index (χ1n) is 9.52. The van der Waals surface area contributed by atoms with Crippen molar-refractivity contribution in [1.29, 1.82) is 0 Å². The van der Waals surface area contributed by atoms with Gasteiger partial charge in [-0.3, -0.25) is 4.79 Å². The molecule has 2 aliphatic carbocycles. The Balaban J connectivity index is 1.25. The molecule has 1 amide bonds. The van der Waals surface area contributed by atoms with Crippen LogP contribution in [0.3, 0.4) is 0 Å². The Morgan fingerprint density at radius 2 is 2.00 bits per heavy atom. The molecule has 5 heteroatoms. The molecule has 4 rings (SSSR count). The maximum absolute atomic E-state index is 12.2. The van der Waals surface area contributed by atoms with Crippen LogP contribution in [0.1, 0.15) is 42.5 Å². The van der Waals surface area contributed by atoms with Crippen molar-refractivity contribution in [3.63, 3.8) is 0 Å². The van der Waals surface area contributed by atoms with Crippen molar-refractivity contribution in [1.82, 2.24) is 10.6 Å². The van der Waals surface area contributed by atoms with Gasteiger partial charge in [0.25, 0.3) is 5.91 Å². The van der Waals surface area contributed by atoms with Gasteiger partial charge in [-0.2, -0.15) is 0 Å². The van der Waals surface area contributed by atoms with Gasteiger partial charge in [-0.1, -0.05) is 12.8 Å². The van der Waals surface area contributed by atoms with Crippen molar-refractivity contribution >= 4 is 5.91 Å². The Hall–Kier alpha value is -1.59. The zero-order valence-corrected chi connectivity index (χ0v) is 14.9. The van der Waals surface area contributed by atoms with Crippen molar-refractivity contribution in [3.05, 3.63) is 29.8 Å². The fourth-order valence-electron chi connectivity index (χ4n) is 5.26. The second-order valence-corrected chi connectivity index (χ2v) is 7.60. The van der Waals surface area contributed by atoms with Crippen LogP contribution in [0.15, 0.2) is 24.3 Å². The Bertz CT molecular complexity index is 610. The molecular weight excluding hydrogens is 316 g/mol. The Morgan fingerprint density at radius 3 is 2.72 bits per heavy atom. The fourth-order valence-corrected chi connectivity index (χ4v) is 5.26. The number of nitrogens with one attached hydrogen (secondary N) is 2. The van der Waals surface area contributed by atoms with Gasteiger partial charge < -0.3 is 20.1 Å². The summed E-state index contributed by atoms with van der Waals surface area (Å²) in [5.74, 6) is 1.41. The summed E-state index contributed by atoms with van der Waals surface area (Å²) in [5.41, 5.74) is 1.04. The van der Waals surface area contributed by atoms with E-state index in [9.17, 15) is 4.79 Å². The predicted molar refractivity (Wildman–Crippen MR) is 95.9 cm³/mol. The van der Waals surface area contributed by atoms with Gasteiger partial charge in [-0.05, 0) is 43.5 Å². The third-order valence-electron chi connectivity index (χ3n) is 6.41. The van der Waals surface area contributed by atoms with Crippen molar-refractivity contribution in [2.24, 2.45) is 11.3 Å². The van der Waals surface area contributed by atoms with E-state index in [1.54, 1.807) is 19.2 Å². The highest BCUT2D eigenvalue weighted by Gasteiger charge is 2.64. The average molecular weight is 344 g/mol. The van der Waals surface area contributed by atoms with Gasteiger partial charge in [-0.25, -0.2) is 0 Å². The minimum absolute atomic E-state index is 0.0317. The summed E-state index contributed by atoms with van der Waals surface area (Å²) >= 11 is 0. The molecule has 1 spiro atoms. The summed E-state index contributed by atoms with van der Waals surface area (Å²) in [6.07, 6.45) is 6.93. The van der Waals surface area contributed by atoms with Gasteiger partial charge in [-0.15, -0.1) is 0 Å². The number of benzene rings is 1. The van der Waals surface area contributed by atoms with Gasteiger partial charge in [0.1, 0.15) is 5.75 Å². The smallest absolute Gasteiger partial charge is 0.251 e. The minimum Gasteiger partial charge on any atom is -0.497 e. The zero-order valence-electron chi connectivity index (χ0n) is 14.9. The number of fused-ring (bicyclic) bond motifs is 2. The van der Waals surface area contributed by atoms with E-state index in [2.05, 4.69) is 10.6 Å². The molecule has 2 N–H and O–H groups in total. The standard InChI is InChI=1S/C20H28N2O3/c1-24-15-6-4-14(5-7-15)19(23)22-12-11-21-17-16-8-13-25-18(16)20(17)9-2-3-10-20/h4-7,16-18,21H,2-3,8-13H2,1H3,(H,22,23)/t16-,17-,18-/m1/s1. The van der Waals surface area contributed by atoms with Crippen LogP contribution in [0.5, 0.6) is 5.75 Å². The van der Waals surface area contributed by atoms with Crippen molar-refractivity contribution in [3.8, 4) is 5.75 Å². The summed E-state index contributed by atoms with van der Waals surface area (Å²) in [6.45, 7) is 2.39. The Morgan fingerprint density at radius 1 is 1.24 bits per heavy atom. The molecule has 5 nitrogen and oxygen atoms in total. The van der Waals surface area contributed by atoms with Crippen molar-refractivity contribution < 1.29 is 14.3 Å². The summed E-state index contributed by atoms with van der Waals surface area (Å²) in [5, 5.41) is 6.74. The van der Waals surface area contributed by atoms with E-state index in [0.29, 0.717) is 35.6 Å². The molecule has 136 valence electrons. The molecule has 1 aliphatic heterocycles. The molecule has 25 heavy (non-hydrogen) atoms. The number of amides is 1. The number of hydrogen-bond donors (Lipinski definition) is 2. The largest absolute Gasteiger partial charge is 0.497 e. The van der Waals surface area contributed by atoms with Crippen molar-refractivity contribution in [2.75, 3.05) is 26.8 Å². The lowest BCUT2D eigenvalue weighted by Crippen LogP contribution is -2.67. The van der Waals surface area contributed by atoms with Gasteiger partial charge in [0.05, 0.1) is 13.2 Å². The number of hydrogen-bond acceptors (Lipinski definition) is 4. The molecule has 3 atom stereocenters. The summed E-state index contributed by atoms with van der Waals surface area (Å²) in [4.78, 5) is 12.2. The van der Waals surface area contributed by atoms with E-state index >= 15 is 0 Å². The van der Waals surface area contributed by atoms with Crippen LogP contribution < -0.4 is 15.4 Å². The summed E-state index contributed by atoms with van der Waals surface area (Å²) in [7, 11) is 1.62. The number of rotatable bonds is 6. The van der Waals surface area contributed by atoms with Gasteiger partial charge in [0.15, 0.2) is 0 Å². The number of ether oxygens (including phenoxy) is 2. The molecule has 0 bridgehead atoms. The van der Waals surface area contributed by atoms with E-state index in [4.69, 9.17) is 9.47 Å². The van der Waals surface area contributed by atoms with E-state index in [0.717, 1.165) is 18.9 Å². The lowest BCUT2D eigenvalue weighted by molar-refractivity contribution is -0.130. The monoisotopic (exact) mass is 344 g/mol. The Kier molecular flexibility index (Phi) is 4.69. The highest BCUT2D eigenvalue weighted by Crippen LogP contribution is 2.60. The van der Waals surface area contributed by atoms with Gasteiger partial charge in [0, 0.05) is 42.6 Å². The second kappa shape index (κ2) is 6.96. The van der Waals surface area contributed by atoms with Crippen LogP contribution in [0, 0.1) is 11.3 Å². The third kappa shape index (κ3) is 2.93. The maximum Gasteiger partial charge on any atom is 0.251 e. The zero-order chi connectivity index (χ0) is 17.3. The highest BCUT2D eigenvalue weighted by atomic mass is 16.5. The number of carbonyl (C=O) groups is 1. The summed E-state index contributed by atoms with van der Waals surface area (Å²) < 4.78 is 11.1. The molecule has 1 heterocycles. The van der Waals surface area contributed by atoms with Gasteiger partial charge in [0.2, 0.25) is 0 Å². The van der Waals surface area contributed by atoms with E-state index in [-0.39, 0.29) is 5.91 Å². The van der Waals surface area contributed by atoms with Crippen LogP contribution in [0.2, 0.25) is 0 Å². The topological polar surface area (TPSA) is 59.6 Å². The van der Waals surface area contributed by atoms with E-state index in [1.807, 2.05) is 12.1 Å². The lowest BCUT2D eigenvalue weighted by atomic mass is 9.54. The molecule has 0 radical (unpaired) electrons. The van der Waals surface area contributed by atoms with Crippen LogP contribution in [0.25, 0.3) is 0 Å². The van der Waals surface area contributed by atoms with E-state index in [1.165, 1.54) is 32.1 Å². The molecule has 1 aromatic rings. The first kappa shape index (κ1) is 16.9. The molecule has 0 unspecified atom stereocenters. The lowest BCUT2D eigenvalue weighted by Gasteiger charge is -2.57. The predicted octanol–water partition coefficient (Wildman–Crippen LogP) is 2.36. The Labute approximate surface area is 149 Å². The molecular formula is C20H28N2O3. The van der Waals surface area contributed by atoms with Crippen LogP contribution in [-0.4, -0.2) is 44.9 Å². The van der Waals surface area contributed by atoms with Crippen molar-refractivity contribution in [2.45, 2.75) is 44.2 Å². The molecule has 3 aliphatic rings. The SMILES string of the molecule is COc1ccc(C(=O)NCCN[C@@H]2[C@H]3CCO[C@H]3C23CCCC3)cc1. The first-order valence-corrected chi connectivity index (χ1v) is 9.52. The van der Waals surface area contributed by atoms with E-state index < -0.39 is 0 Å². The maximum atomic E-state index is 12.2. The second-order valence-electron chi connectivity index (χ2n) is 7.60. The summed E-state index contributed by atoms with van der Waals surface area (Å²) in [6, 6.07) is 7.78. The van der Waals surface area contributed by atoms with Crippen LogP contribution in [-0.2, 0) is 4.74 Å². The van der Waals surface area contributed by atoms with Crippen LogP contribution in [0.4, 0.5) is 0 Å². The molecule has 1 aromatic carbocycles. The third-order valence-corrected chi connectivity index (χ3v) is 6.41. The molecule has 1 saturated heterocycles. The molecule has 2 saturated carbocycles. The molecule has 3 fully saturated rings. The van der Waals surface area contributed by atoms with Gasteiger partial charge >= 0.3 is 0 Å². The van der Waals surface area contributed by atoms with Crippen LogP contribution >= 0.6 is 0 Å². The number of methoxy groups -OCH3 is 1. The average Bonchev–Trinajstić information content (AvgIpc) is 3.30. The first-order chi connectivity index (χ1) is 12.2.